The minimum absolute atomic E-state index is 0.245. The smallest absolute Gasteiger partial charge is 0.255 e. The van der Waals surface area contributed by atoms with Crippen LogP contribution in [0.25, 0.3) is 0 Å². The van der Waals surface area contributed by atoms with E-state index in [2.05, 4.69) is 15.5 Å². The van der Waals surface area contributed by atoms with Crippen molar-refractivity contribution in [3.8, 4) is 5.75 Å². The van der Waals surface area contributed by atoms with Crippen LogP contribution < -0.4 is 21.1 Å². The molecule has 0 saturated heterocycles. The second-order valence-corrected chi connectivity index (χ2v) is 6.41. The van der Waals surface area contributed by atoms with Crippen molar-refractivity contribution in [3.63, 3.8) is 0 Å². The molecule has 0 unspecified atom stereocenters. The molecule has 0 aliphatic heterocycles. The molecule has 0 bridgehead atoms. The number of nitrogens with two attached hydrogens (primary N) is 1. The third kappa shape index (κ3) is 6.00. The van der Waals surface area contributed by atoms with Crippen LogP contribution in [-0.2, 0) is 0 Å². The quantitative estimate of drug-likeness (QED) is 0.489. The molecule has 4 N–H and O–H groups in total. The zero-order chi connectivity index (χ0) is 19.8. The van der Waals surface area contributed by atoms with Gasteiger partial charge in [0.25, 0.3) is 11.8 Å². The van der Waals surface area contributed by atoms with Gasteiger partial charge in [0.15, 0.2) is 0 Å². The Bertz CT molecular complexity index is 806. The van der Waals surface area contributed by atoms with E-state index in [4.69, 9.17) is 10.5 Å². The molecule has 144 valence electrons. The average molecular weight is 370 g/mol. The summed E-state index contributed by atoms with van der Waals surface area (Å²) in [4.78, 5) is 26.9. The Morgan fingerprint density at radius 1 is 1.11 bits per heavy atom. The van der Waals surface area contributed by atoms with Crippen molar-refractivity contribution in [2.75, 3.05) is 45.3 Å². The van der Waals surface area contributed by atoms with Crippen LogP contribution in [0.1, 0.15) is 27.1 Å². The van der Waals surface area contributed by atoms with Crippen LogP contribution in [0.15, 0.2) is 42.5 Å². The fourth-order valence-corrected chi connectivity index (χ4v) is 2.54. The maximum atomic E-state index is 12.5. The first-order chi connectivity index (χ1) is 12.9. The molecule has 2 aromatic carbocycles. The van der Waals surface area contributed by atoms with Gasteiger partial charge in [-0.3, -0.25) is 9.59 Å². The summed E-state index contributed by atoms with van der Waals surface area (Å²) in [6.07, 6.45) is 0.840. The van der Waals surface area contributed by atoms with Gasteiger partial charge in [0.1, 0.15) is 5.75 Å². The number of ether oxygens (including phenoxy) is 1. The molecule has 0 spiro atoms. The van der Waals surface area contributed by atoms with Gasteiger partial charge in [-0.15, -0.1) is 0 Å². The van der Waals surface area contributed by atoms with Gasteiger partial charge in [0.05, 0.1) is 12.7 Å². The van der Waals surface area contributed by atoms with Crippen LogP contribution >= 0.6 is 0 Å². The Labute approximate surface area is 159 Å². The molecule has 2 rings (SSSR count). The lowest BCUT2D eigenvalue weighted by Crippen LogP contribution is -2.27. The molecule has 0 aromatic heterocycles. The third-order valence-corrected chi connectivity index (χ3v) is 3.92. The molecule has 0 atom stereocenters. The Morgan fingerprint density at radius 3 is 2.56 bits per heavy atom. The van der Waals surface area contributed by atoms with E-state index in [0.717, 1.165) is 13.0 Å². The van der Waals surface area contributed by atoms with E-state index in [-0.39, 0.29) is 11.8 Å². The van der Waals surface area contributed by atoms with Crippen LogP contribution in [0.2, 0.25) is 0 Å². The second kappa shape index (κ2) is 9.59. The maximum Gasteiger partial charge on any atom is 0.255 e. The average Bonchev–Trinajstić information content (AvgIpc) is 2.64. The first-order valence-electron chi connectivity index (χ1n) is 8.68. The summed E-state index contributed by atoms with van der Waals surface area (Å²) in [5, 5.41) is 5.65. The highest BCUT2D eigenvalue weighted by molar-refractivity contribution is 6.06. The fourth-order valence-electron chi connectivity index (χ4n) is 2.54. The lowest BCUT2D eigenvalue weighted by molar-refractivity contribution is 0.0948. The number of benzene rings is 2. The second-order valence-electron chi connectivity index (χ2n) is 6.41. The molecule has 2 amide bonds. The summed E-state index contributed by atoms with van der Waals surface area (Å²) >= 11 is 0. The third-order valence-electron chi connectivity index (χ3n) is 3.92. The van der Waals surface area contributed by atoms with Gasteiger partial charge >= 0.3 is 0 Å². The summed E-state index contributed by atoms with van der Waals surface area (Å²) in [7, 11) is 5.47. The Morgan fingerprint density at radius 2 is 1.89 bits per heavy atom. The predicted octanol–water partition coefficient (Wildman–Crippen LogP) is 2.21. The molecule has 2 aromatic rings. The van der Waals surface area contributed by atoms with Crippen molar-refractivity contribution in [3.05, 3.63) is 53.6 Å². The summed E-state index contributed by atoms with van der Waals surface area (Å²) in [5.41, 5.74) is 7.54. The summed E-state index contributed by atoms with van der Waals surface area (Å²) in [6.45, 7) is 1.44. The molecule has 0 heterocycles. The molecule has 27 heavy (non-hydrogen) atoms. The largest absolute Gasteiger partial charge is 0.496 e. The number of carbonyl (C=O) groups is 2. The first-order valence-corrected chi connectivity index (χ1v) is 8.68. The number of methoxy groups -OCH3 is 1. The van der Waals surface area contributed by atoms with E-state index in [1.807, 2.05) is 14.1 Å². The number of nitrogens with zero attached hydrogens (tertiary/aromatic N) is 1. The Hall–Kier alpha value is -3.06. The molecule has 0 aliphatic rings. The van der Waals surface area contributed by atoms with Gasteiger partial charge in [-0.05, 0) is 63.5 Å². The van der Waals surface area contributed by atoms with Crippen molar-refractivity contribution < 1.29 is 14.3 Å². The molecule has 0 saturated carbocycles. The van der Waals surface area contributed by atoms with E-state index in [1.165, 1.54) is 7.11 Å². The zero-order valence-electron chi connectivity index (χ0n) is 15.9. The van der Waals surface area contributed by atoms with Crippen LogP contribution in [-0.4, -0.2) is 51.0 Å². The normalized spacial score (nSPS) is 10.5. The highest BCUT2D eigenvalue weighted by Crippen LogP contribution is 2.23. The highest BCUT2D eigenvalue weighted by atomic mass is 16.5. The summed E-state index contributed by atoms with van der Waals surface area (Å²) in [5.74, 6) is -0.0995. The van der Waals surface area contributed by atoms with E-state index in [9.17, 15) is 9.59 Å². The van der Waals surface area contributed by atoms with Crippen molar-refractivity contribution >= 4 is 23.2 Å². The molecule has 7 nitrogen and oxygen atoms in total. The van der Waals surface area contributed by atoms with E-state index in [0.29, 0.717) is 34.8 Å². The van der Waals surface area contributed by atoms with Crippen LogP contribution in [0.4, 0.5) is 11.4 Å². The highest BCUT2D eigenvalue weighted by Gasteiger charge is 2.14. The molecule has 7 heteroatoms. The number of rotatable bonds is 8. The number of carbonyl (C=O) groups excluding carboxylic acids is 2. The summed E-state index contributed by atoms with van der Waals surface area (Å²) in [6, 6.07) is 11.6. The van der Waals surface area contributed by atoms with Crippen LogP contribution in [0.5, 0.6) is 5.75 Å². The predicted molar refractivity (Wildman–Crippen MR) is 107 cm³/mol. The van der Waals surface area contributed by atoms with Crippen LogP contribution in [0.3, 0.4) is 0 Å². The van der Waals surface area contributed by atoms with E-state index < -0.39 is 0 Å². The first kappa shape index (κ1) is 20.3. The van der Waals surface area contributed by atoms with E-state index in [1.54, 1.807) is 42.5 Å². The lowest BCUT2D eigenvalue weighted by atomic mass is 10.1. The Balaban J connectivity index is 2.09. The number of nitrogen functional groups attached to an aromatic ring is 1. The number of hydrogen-bond acceptors (Lipinski definition) is 5. The number of amides is 2. The summed E-state index contributed by atoms with van der Waals surface area (Å²) < 4.78 is 5.27. The van der Waals surface area contributed by atoms with Gasteiger partial charge in [-0.2, -0.15) is 0 Å². The topological polar surface area (TPSA) is 96.7 Å². The van der Waals surface area contributed by atoms with Gasteiger partial charge in [-0.1, -0.05) is 6.07 Å². The molecule has 0 fully saturated rings. The van der Waals surface area contributed by atoms with Crippen molar-refractivity contribution in [1.29, 1.82) is 0 Å². The van der Waals surface area contributed by atoms with Gasteiger partial charge in [-0.25, -0.2) is 0 Å². The number of anilines is 2. The maximum absolute atomic E-state index is 12.5. The zero-order valence-corrected chi connectivity index (χ0v) is 15.9. The molecular formula is C20H26N4O3. The minimum atomic E-state index is -0.301. The van der Waals surface area contributed by atoms with Gasteiger partial charge in [0, 0.05) is 23.5 Å². The molecular weight excluding hydrogens is 344 g/mol. The fraction of sp³-hybridized carbons (Fsp3) is 0.300. The minimum Gasteiger partial charge on any atom is -0.496 e. The van der Waals surface area contributed by atoms with Gasteiger partial charge < -0.3 is 26.0 Å². The standard InChI is InChI=1S/C20H26N4O3/c1-24(2)11-5-10-22-20(26)17-13-16(8-9-18(17)27-3)23-19(25)14-6-4-7-15(21)12-14/h4,6-9,12-13H,5,10-11,21H2,1-3H3,(H,22,26)(H,23,25). The SMILES string of the molecule is COc1ccc(NC(=O)c2cccc(N)c2)cc1C(=O)NCCCN(C)C. The van der Waals surface area contributed by atoms with Crippen molar-refractivity contribution in [2.45, 2.75) is 6.42 Å². The lowest BCUT2D eigenvalue weighted by Gasteiger charge is -2.13. The monoisotopic (exact) mass is 370 g/mol. The van der Waals surface area contributed by atoms with Gasteiger partial charge in [0.2, 0.25) is 0 Å². The van der Waals surface area contributed by atoms with Crippen LogP contribution in [0, 0.1) is 0 Å². The van der Waals surface area contributed by atoms with E-state index >= 15 is 0 Å². The van der Waals surface area contributed by atoms with Crippen molar-refractivity contribution in [2.24, 2.45) is 0 Å². The molecule has 0 radical (unpaired) electrons. The number of hydrogen-bond donors (Lipinski definition) is 3. The Kier molecular flexibility index (Phi) is 7.19. The molecule has 0 aliphatic carbocycles. The van der Waals surface area contributed by atoms with Crippen molar-refractivity contribution in [1.82, 2.24) is 10.2 Å². The number of nitrogens with one attached hydrogen (secondary N) is 2.